The minimum atomic E-state index is -4.28. The summed E-state index contributed by atoms with van der Waals surface area (Å²) in [7, 11) is -4.28. The van der Waals surface area contributed by atoms with Crippen molar-refractivity contribution in [2.45, 2.75) is 51.9 Å². The van der Waals surface area contributed by atoms with E-state index in [2.05, 4.69) is 17.2 Å². The van der Waals surface area contributed by atoms with E-state index in [-0.39, 0.29) is 0 Å². The molecule has 17 heavy (non-hydrogen) atoms. The van der Waals surface area contributed by atoms with Gasteiger partial charge < -0.3 is 0 Å². The predicted molar refractivity (Wildman–Crippen MR) is 64.0 cm³/mol. The SMILES string of the molecule is CCCCCCCCc1cn(S(=O)(=O)O)nn1. The van der Waals surface area contributed by atoms with Gasteiger partial charge in [-0.25, -0.2) is 0 Å². The molecule has 0 bridgehead atoms. The molecule has 98 valence electrons. The number of aryl methyl sites for hydroxylation is 1. The fourth-order valence-electron chi connectivity index (χ4n) is 1.59. The van der Waals surface area contributed by atoms with E-state index in [0.29, 0.717) is 16.2 Å². The van der Waals surface area contributed by atoms with Crippen LogP contribution in [-0.4, -0.2) is 27.4 Å². The Hall–Kier alpha value is -0.950. The Morgan fingerprint density at radius 2 is 1.88 bits per heavy atom. The first-order valence-electron chi connectivity index (χ1n) is 5.93. The Morgan fingerprint density at radius 1 is 1.24 bits per heavy atom. The van der Waals surface area contributed by atoms with E-state index in [4.69, 9.17) is 4.55 Å². The van der Waals surface area contributed by atoms with E-state index in [1.165, 1.54) is 31.9 Å². The van der Waals surface area contributed by atoms with Crippen LogP contribution in [0.4, 0.5) is 0 Å². The monoisotopic (exact) mass is 261 g/mol. The summed E-state index contributed by atoms with van der Waals surface area (Å²) in [5, 5.41) is 7.03. The number of hydrogen-bond acceptors (Lipinski definition) is 4. The van der Waals surface area contributed by atoms with Crippen LogP contribution >= 0.6 is 0 Å². The summed E-state index contributed by atoms with van der Waals surface area (Å²) in [4.78, 5) is 0. The Bertz CT molecular complexity index is 428. The molecule has 1 N–H and O–H groups in total. The maximum atomic E-state index is 10.7. The average molecular weight is 261 g/mol. The van der Waals surface area contributed by atoms with Crippen LogP contribution in [0.1, 0.15) is 51.1 Å². The van der Waals surface area contributed by atoms with E-state index in [1.807, 2.05) is 0 Å². The number of rotatable bonds is 8. The lowest BCUT2D eigenvalue weighted by Crippen LogP contribution is -2.11. The molecule has 1 aromatic rings. The third kappa shape index (κ3) is 5.27. The second-order valence-corrected chi connectivity index (χ2v) is 5.35. The molecular weight excluding hydrogens is 242 g/mol. The van der Waals surface area contributed by atoms with Crippen LogP contribution in [0.5, 0.6) is 0 Å². The molecule has 0 aliphatic rings. The third-order valence-electron chi connectivity index (χ3n) is 2.54. The van der Waals surface area contributed by atoms with Crippen LogP contribution < -0.4 is 0 Å². The van der Waals surface area contributed by atoms with Gasteiger partial charge in [0.05, 0.1) is 11.9 Å². The molecule has 0 atom stereocenters. The molecule has 1 rings (SSSR count). The summed E-state index contributed by atoms with van der Waals surface area (Å²) in [6.45, 7) is 2.17. The molecule has 0 fully saturated rings. The lowest BCUT2D eigenvalue weighted by molar-refractivity contribution is 0.463. The highest BCUT2D eigenvalue weighted by molar-refractivity contribution is 7.84. The molecule has 0 saturated carbocycles. The first kappa shape index (κ1) is 14.1. The van der Waals surface area contributed by atoms with Gasteiger partial charge in [-0.1, -0.05) is 44.2 Å². The van der Waals surface area contributed by atoms with Gasteiger partial charge in [-0.3, -0.25) is 4.55 Å². The van der Waals surface area contributed by atoms with Crippen LogP contribution in [0.3, 0.4) is 0 Å². The molecule has 0 saturated heterocycles. The first-order chi connectivity index (χ1) is 8.04. The van der Waals surface area contributed by atoms with E-state index in [9.17, 15) is 8.42 Å². The lowest BCUT2D eigenvalue weighted by Gasteiger charge is -1.98. The first-order valence-corrected chi connectivity index (χ1v) is 7.33. The molecule has 1 heterocycles. The molecule has 0 unspecified atom stereocenters. The standard InChI is InChI=1S/C10H19N3O3S/c1-2-3-4-5-6-7-8-10-9-13(12-11-10)17(14,15)16/h9H,2-8H2,1H3,(H,14,15,16). The van der Waals surface area contributed by atoms with E-state index >= 15 is 0 Å². The molecule has 6 nitrogen and oxygen atoms in total. The smallest absolute Gasteiger partial charge is 0.268 e. The number of nitrogens with zero attached hydrogens (tertiary/aromatic N) is 3. The molecular formula is C10H19N3O3S. The van der Waals surface area contributed by atoms with Gasteiger partial charge in [0.1, 0.15) is 0 Å². The quantitative estimate of drug-likeness (QED) is 0.570. The third-order valence-corrected chi connectivity index (χ3v) is 3.19. The van der Waals surface area contributed by atoms with Crippen molar-refractivity contribution in [3.63, 3.8) is 0 Å². The van der Waals surface area contributed by atoms with Crippen LogP contribution in [0.15, 0.2) is 6.20 Å². The number of hydrogen-bond donors (Lipinski definition) is 1. The predicted octanol–water partition coefficient (Wildman–Crippen LogP) is 1.83. The summed E-state index contributed by atoms with van der Waals surface area (Å²) in [5.41, 5.74) is 0.595. The molecule has 7 heteroatoms. The highest BCUT2D eigenvalue weighted by Crippen LogP contribution is 2.08. The van der Waals surface area contributed by atoms with E-state index < -0.39 is 10.3 Å². The van der Waals surface area contributed by atoms with Crippen LogP contribution in [-0.2, 0) is 16.7 Å². The minimum Gasteiger partial charge on any atom is -0.268 e. The summed E-state index contributed by atoms with van der Waals surface area (Å²) in [6.07, 6.45) is 8.95. The Morgan fingerprint density at radius 3 is 2.47 bits per heavy atom. The Balaban J connectivity index is 2.26. The molecule has 1 aromatic heterocycles. The molecule has 0 aromatic carbocycles. The molecule has 0 aliphatic carbocycles. The van der Waals surface area contributed by atoms with Gasteiger partial charge in [-0.2, -0.15) is 8.42 Å². The summed E-state index contributed by atoms with van der Waals surface area (Å²) < 4.78 is 30.6. The number of aromatic nitrogens is 3. The largest absolute Gasteiger partial charge is 0.380 e. The van der Waals surface area contributed by atoms with Crippen molar-refractivity contribution >= 4 is 10.3 Å². The van der Waals surface area contributed by atoms with Crippen LogP contribution in [0.2, 0.25) is 0 Å². The molecule has 0 amide bonds. The van der Waals surface area contributed by atoms with Gasteiger partial charge in [0.15, 0.2) is 0 Å². The fourth-order valence-corrected chi connectivity index (χ4v) is 1.98. The molecule has 0 spiro atoms. The Kier molecular flexibility index (Phi) is 5.57. The summed E-state index contributed by atoms with van der Waals surface area (Å²) >= 11 is 0. The number of unbranched alkanes of at least 4 members (excludes halogenated alkanes) is 5. The fraction of sp³-hybridized carbons (Fsp3) is 0.800. The van der Waals surface area contributed by atoms with Gasteiger partial charge in [0, 0.05) is 0 Å². The van der Waals surface area contributed by atoms with E-state index in [1.54, 1.807) is 0 Å². The highest BCUT2D eigenvalue weighted by atomic mass is 32.2. The highest BCUT2D eigenvalue weighted by Gasteiger charge is 2.10. The minimum absolute atomic E-state index is 0.486. The van der Waals surface area contributed by atoms with Crippen LogP contribution in [0.25, 0.3) is 0 Å². The van der Waals surface area contributed by atoms with Crippen molar-refractivity contribution in [3.8, 4) is 0 Å². The zero-order valence-corrected chi connectivity index (χ0v) is 10.9. The normalized spacial score (nSPS) is 11.9. The lowest BCUT2D eigenvalue weighted by atomic mass is 10.1. The second-order valence-electron chi connectivity index (χ2n) is 4.08. The maximum absolute atomic E-state index is 10.7. The topological polar surface area (TPSA) is 85.1 Å². The zero-order chi connectivity index (χ0) is 12.7. The van der Waals surface area contributed by atoms with Crippen molar-refractivity contribution in [2.75, 3.05) is 0 Å². The van der Waals surface area contributed by atoms with Crippen LogP contribution in [0, 0.1) is 0 Å². The van der Waals surface area contributed by atoms with Gasteiger partial charge in [-0.05, 0) is 12.8 Å². The maximum Gasteiger partial charge on any atom is 0.380 e. The van der Waals surface area contributed by atoms with Gasteiger partial charge in [-0.15, -0.1) is 9.19 Å². The summed E-state index contributed by atoms with van der Waals surface area (Å²) in [6, 6.07) is 0. The van der Waals surface area contributed by atoms with Gasteiger partial charge in [0.2, 0.25) is 0 Å². The Labute approximate surface area is 102 Å². The summed E-state index contributed by atoms with van der Waals surface area (Å²) in [5.74, 6) is 0. The second kappa shape index (κ2) is 6.70. The molecule has 0 radical (unpaired) electrons. The van der Waals surface area contributed by atoms with Crippen molar-refractivity contribution in [1.82, 2.24) is 14.4 Å². The average Bonchev–Trinajstić information content (AvgIpc) is 2.71. The van der Waals surface area contributed by atoms with Gasteiger partial charge >= 0.3 is 10.3 Å². The van der Waals surface area contributed by atoms with Crippen molar-refractivity contribution in [2.24, 2.45) is 0 Å². The van der Waals surface area contributed by atoms with E-state index in [0.717, 1.165) is 12.8 Å². The zero-order valence-electron chi connectivity index (χ0n) is 10.0. The van der Waals surface area contributed by atoms with Crippen molar-refractivity contribution in [3.05, 3.63) is 11.9 Å². The van der Waals surface area contributed by atoms with Crippen molar-refractivity contribution in [1.29, 1.82) is 0 Å². The van der Waals surface area contributed by atoms with Crippen molar-refractivity contribution < 1.29 is 13.0 Å². The van der Waals surface area contributed by atoms with Gasteiger partial charge in [0.25, 0.3) is 0 Å². The molecule has 0 aliphatic heterocycles.